The third kappa shape index (κ3) is 8.61. The molecule has 1 fully saturated rings. The molecule has 0 saturated carbocycles. The summed E-state index contributed by atoms with van der Waals surface area (Å²) < 4.78 is 0. The van der Waals surface area contributed by atoms with E-state index in [1.165, 1.54) is 25.9 Å². The summed E-state index contributed by atoms with van der Waals surface area (Å²) >= 11 is 5.66. The fourth-order valence-corrected chi connectivity index (χ4v) is 2.12. The summed E-state index contributed by atoms with van der Waals surface area (Å²) in [5, 5.41) is 16.3. The Morgan fingerprint density at radius 1 is 1.42 bits per heavy atom. The number of carboxylic acids is 2. The standard InChI is InChI=1S/C11H20ClN.C2H2O4/c1-10(4-3-7-12)11-5-8-13(2)9-6-11;3-1(4)2(5)6/h4,11H,3,5-9H2,1-2H3;(H,3,4)(H,5,6)/b10-4+;. The van der Waals surface area contributed by atoms with Crippen molar-refractivity contribution in [2.75, 3.05) is 26.0 Å². The predicted octanol–water partition coefficient (Wildman–Crippen LogP) is -0.693. The zero-order chi connectivity index (χ0) is 14.8. The van der Waals surface area contributed by atoms with Gasteiger partial charge < -0.3 is 19.9 Å². The normalized spacial score (nSPS) is 23.2. The van der Waals surface area contributed by atoms with Crippen molar-refractivity contribution in [2.24, 2.45) is 5.92 Å². The van der Waals surface area contributed by atoms with E-state index in [1.54, 1.807) is 10.5 Å². The van der Waals surface area contributed by atoms with Crippen LogP contribution in [0.4, 0.5) is 0 Å². The quantitative estimate of drug-likeness (QED) is 0.410. The second-order valence-electron chi connectivity index (χ2n) is 4.75. The predicted molar refractivity (Wildman–Crippen MR) is 71.1 cm³/mol. The fourth-order valence-electron chi connectivity index (χ4n) is 2.01. The fraction of sp³-hybridized carbons (Fsp3) is 0.692. The molecule has 0 atom stereocenters. The Balaban J connectivity index is 0.000000459. The highest BCUT2D eigenvalue weighted by molar-refractivity contribution is 6.26. The third-order valence-electron chi connectivity index (χ3n) is 3.23. The number of piperidine rings is 1. The number of aliphatic carboxylic acids is 2. The van der Waals surface area contributed by atoms with Crippen LogP contribution in [0.1, 0.15) is 26.2 Å². The largest absolute Gasteiger partial charge is 0.539 e. The van der Waals surface area contributed by atoms with E-state index in [-0.39, 0.29) is 0 Å². The molecule has 6 heteroatoms. The number of alkyl halides is 1. The van der Waals surface area contributed by atoms with Crippen LogP contribution in [0, 0.1) is 5.92 Å². The van der Waals surface area contributed by atoms with E-state index in [4.69, 9.17) is 31.4 Å². The third-order valence-corrected chi connectivity index (χ3v) is 3.45. The van der Waals surface area contributed by atoms with Crippen molar-refractivity contribution in [3.8, 4) is 0 Å². The van der Waals surface area contributed by atoms with E-state index >= 15 is 0 Å². The maximum atomic E-state index is 9.04. The van der Waals surface area contributed by atoms with Crippen molar-refractivity contribution in [3.63, 3.8) is 0 Å². The Morgan fingerprint density at radius 3 is 2.26 bits per heavy atom. The molecular weight excluding hydrogens is 270 g/mol. The molecule has 19 heavy (non-hydrogen) atoms. The number of carbonyl (C=O) groups excluding carboxylic acids is 1. The molecule has 2 N–H and O–H groups in total. The Bertz CT molecular complexity index is 311. The van der Waals surface area contributed by atoms with Gasteiger partial charge in [0.1, 0.15) is 0 Å². The lowest BCUT2D eigenvalue weighted by atomic mass is 9.90. The van der Waals surface area contributed by atoms with Gasteiger partial charge >= 0.3 is 5.97 Å². The van der Waals surface area contributed by atoms with Crippen LogP contribution >= 0.6 is 11.6 Å². The summed E-state index contributed by atoms with van der Waals surface area (Å²) in [6.45, 7) is 4.92. The van der Waals surface area contributed by atoms with Crippen molar-refractivity contribution in [2.45, 2.75) is 26.2 Å². The SMILES string of the molecule is C/C(=C\CCCl)C1CC[NH+](C)CC1.O=C([O-])C(=O)O. The Hall–Kier alpha value is -1.07. The van der Waals surface area contributed by atoms with Gasteiger partial charge in [-0.25, -0.2) is 4.79 Å². The molecule has 110 valence electrons. The summed E-state index contributed by atoms with van der Waals surface area (Å²) in [6, 6.07) is 0. The first-order valence-corrected chi connectivity index (χ1v) is 6.90. The summed E-state index contributed by atoms with van der Waals surface area (Å²) in [5.74, 6) is -2.41. The average molecular weight is 292 g/mol. The van der Waals surface area contributed by atoms with Gasteiger partial charge in [0.2, 0.25) is 0 Å². The van der Waals surface area contributed by atoms with Crippen LogP contribution < -0.4 is 10.0 Å². The van der Waals surface area contributed by atoms with Gasteiger partial charge in [0.05, 0.1) is 20.1 Å². The highest BCUT2D eigenvalue weighted by Gasteiger charge is 2.19. The van der Waals surface area contributed by atoms with Crippen LogP contribution in [0.2, 0.25) is 0 Å². The number of quaternary nitrogens is 1. The molecule has 0 aromatic heterocycles. The van der Waals surface area contributed by atoms with Gasteiger partial charge in [-0.3, -0.25) is 0 Å². The van der Waals surface area contributed by atoms with E-state index in [1.807, 2.05) is 0 Å². The average Bonchev–Trinajstić information content (AvgIpc) is 2.37. The molecule has 1 aliphatic heterocycles. The molecule has 0 spiro atoms. The molecule has 0 aromatic carbocycles. The van der Waals surface area contributed by atoms with Crippen molar-refractivity contribution in [1.82, 2.24) is 0 Å². The van der Waals surface area contributed by atoms with Gasteiger partial charge in [0.25, 0.3) is 0 Å². The van der Waals surface area contributed by atoms with Crippen LogP contribution in [-0.2, 0) is 9.59 Å². The maximum absolute atomic E-state index is 9.04. The van der Waals surface area contributed by atoms with E-state index < -0.39 is 11.9 Å². The summed E-state index contributed by atoms with van der Waals surface area (Å²) in [5.41, 5.74) is 1.56. The van der Waals surface area contributed by atoms with Gasteiger partial charge in [-0.15, -0.1) is 11.6 Å². The van der Waals surface area contributed by atoms with E-state index in [2.05, 4.69) is 20.0 Å². The Morgan fingerprint density at radius 2 is 1.89 bits per heavy atom. The van der Waals surface area contributed by atoms with E-state index in [0.717, 1.165) is 18.2 Å². The minimum Gasteiger partial charge on any atom is -0.539 e. The van der Waals surface area contributed by atoms with Gasteiger partial charge in [0.15, 0.2) is 5.97 Å². The second kappa shape index (κ2) is 9.81. The number of rotatable bonds is 3. The molecule has 5 nitrogen and oxygen atoms in total. The van der Waals surface area contributed by atoms with Crippen molar-refractivity contribution in [3.05, 3.63) is 11.6 Å². The summed E-state index contributed by atoms with van der Waals surface area (Å²) in [4.78, 5) is 19.7. The number of allylic oxidation sites excluding steroid dienone is 2. The zero-order valence-corrected chi connectivity index (χ0v) is 12.2. The number of hydrogen-bond donors (Lipinski definition) is 2. The minimum absolute atomic E-state index is 0.759. The number of likely N-dealkylation sites (tertiary alicyclic amines) is 1. The van der Waals surface area contributed by atoms with Gasteiger partial charge in [-0.2, -0.15) is 0 Å². The smallest absolute Gasteiger partial charge is 0.351 e. The molecule has 1 rings (SSSR count). The van der Waals surface area contributed by atoms with E-state index in [0.29, 0.717) is 0 Å². The highest BCUT2D eigenvalue weighted by atomic mass is 35.5. The van der Waals surface area contributed by atoms with Crippen molar-refractivity contribution < 1.29 is 24.7 Å². The number of carboxylic acid groups (broad SMARTS) is 2. The lowest BCUT2D eigenvalue weighted by Crippen LogP contribution is -3.10. The van der Waals surface area contributed by atoms with Crippen LogP contribution in [0.15, 0.2) is 11.6 Å². The first kappa shape index (κ1) is 17.9. The minimum atomic E-state index is -2.07. The maximum Gasteiger partial charge on any atom is 0.351 e. The second-order valence-corrected chi connectivity index (χ2v) is 5.13. The molecule has 0 aliphatic carbocycles. The Labute approximate surface area is 118 Å². The number of hydrogen-bond acceptors (Lipinski definition) is 3. The van der Waals surface area contributed by atoms with Crippen LogP contribution in [0.5, 0.6) is 0 Å². The van der Waals surface area contributed by atoms with Gasteiger partial charge in [-0.1, -0.05) is 11.6 Å². The van der Waals surface area contributed by atoms with E-state index in [9.17, 15) is 0 Å². The zero-order valence-electron chi connectivity index (χ0n) is 11.4. The van der Waals surface area contributed by atoms with Crippen LogP contribution in [0.25, 0.3) is 0 Å². The first-order valence-electron chi connectivity index (χ1n) is 6.36. The van der Waals surface area contributed by atoms with Crippen molar-refractivity contribution in [1.29, 1.82) is 0 Å². The lowest BCUT2D eigenvalue weighted by Gasteiger charge is -2.27. The molecule has 1 heterocycles. The molecule has 0 amide bonds. The van der Waals surface area contributed by atoms with Gasteiger partial charge in [0, 0.05) is 18.7 Å². The lowest BCUT2D eigenvalue weighted by molar-refractivity contribution is -0.885. The number of nitrogens with one attached hydrogen (secondary N) is 1. The highest BCUT2D eigenvalue weighted by Crippen LogP contribution is 2.19. The molecule has 0 unspecified atom stereocenters. The van der Waals surface area contributed by atoms with Gasteiger partial charge in [-0.05, 0) is 19.3 Å². The molecule has 0 aromatic rings. The van der Waals surface area contributed by atoms with Crippen LogP contribution in [-0.4, -0.2) is 43.1 Å². The first-order chi connectivity index (χ1) is 8.88. The van der Waals surface area contributed by atoms with Crippen molar-refractivity contribution >= 4 is 23.5 Å². The summed E-state index contributed by atoms with van der Waals surface area (Å²) in [6.07, 6.45) is 6.07. The molecular formula is C13H22ClNO4. The molecule has 1 aliphatic rings. The topological polar surface area (TPSA) is 81.9 Å². The molecule has 1 saturated heterocycles. The Kier molecular flexibility index (Phi) is 9.26. The molecule has 0 bridgehead atoms. The number of carbonyl (C=O) groups is 2. The summed E-state index contributed by atoms with van der Waals surface area (Å²) in [7, 11) is 2.29. The monoisotopic (exact) mass is 291 g/mol. The number of halogens is 1. The van der Waals surface area contributed by atoms with Crippen LogP contribution in [0.3, 0.4) is 0 Å². The molecule has 0 radical (unpaired) electrons.